The lowest BCUT2D eigenvalue weighted by atomic mass is 10.0. The largest absolute Gasteiger partial charge is 0.356 e. The third kappa shape index (κ3) is 5.84. The quantitative estimate of drug-likeness (QED) is 0.185. The maximum atomic E-state index is 11.7. The van der Waals surface area contributed by atoms with E-state index in [2.05, 4.69) is 26.0 Å². The van der Waals surface area contributed by atoms with Crippen molar-refractivity contribution >= 4 is 23.7 Å². The highest BCUT2D eigenvalue weighted by atomic mass is 32.2. The van der Waals surface area contributed by atoms with E-state index >= 15 is 0 Å². The first-order valence-corrected chi connectivity index (χ1v) is 9.22. The molecule has 0 aromatic carbocycles. The molecule has 2 fully saturated rings. The summed E-state index contributed by atoms with van der Waals surface area (Å²) in [5.41, 5.74) is 8.14. The Kier molecular flexibility index (Phi) is 7.35. The predicted octanol–water partition coefficient (Wildman–Crippen LogP) is 1.92. The van der Waals surface area contributed by atoms with Crippen molar-refractivity contribution in [3.8, 4) is 0 Å². The number of thioether (sulfide) groups is 1. The number of carbonyl (C=O) groups is 2. The van der Waals surface area contributed by atoms with Crippen LogP contribution in [0.2, 0.25) is 0 Å². The standard InChI is InChI=1S/C14H24N6O2S/c15-20-17-8-4-3-7-16-12(21)6-2-1-5-11-13-10(9-23-11)18-14(22)19-13/h10-11,13H,1-9H2,(H,16,21)(H2,18,19,22)/t10-,11-,13-/m0/s1. The number of hydrogen-bond donors (Lipinski definition) is 3. The Hall–Kier alpha value is -1.60. The molecule has 3 N–H and O–H groups in total. The van der Waals surface area contributed by atoms with Crippen LogP contribution in [0.25, 0.3) is 10.4 Å². The Morgan fingerprint density at radius 1 is 1.35 bits per heavy atom. The van der Waals surface area contributed by atoms with Crippen LogP contribution >= 0.6 is 11.8 Å². The number of carbonyl (C=O) groups excluding carboxylic acids is 2. The maximum absolute atomic E-state index is 11.7. The fraction of sp³-hybridized carbons (Fsp3) is 0.857. The van der Waals surface area contributed by atoms with Crippen molar-refractivity contribution < 1.29 is 9.59 Å². The lowest BCUT2D eigenvalue weighted by Crippen LogP contribution is -2.36. The minimum atomic E-state index is -0.0508. The number of amides is 3. The van der Waals surface area contributed by atoms with E-state index in [0.29, 0.717) is 24.8 Å². The summed E-state index contributed by atoms with van der Waals surface area (Å²) in [5, 5.41) is 12.7. The Labute approximate surface area is 140 Å². The van der Waals surface area contributed by atoms with Crippen molar-refractivity contribution in [2.24, 2.45) is 5.11 Å². The zero-order chi connectivity index (χ0) is 16.5. The first-order chi connectivity index (χ1) is 11.2. The molecule has 0 aliphatic carbocycles. The van der Waals surface area contributed by atoms with E-state index in [0.717, 1.165) is 37.9 Å². The highest BCUT2D eigenvalue weighted by molar-refractivity contribution is 8.00. The van der Waals surface area contributed by atoms with E-state index in [4.69, 9.17) is 5.53 Å². The van der Waals surface area contributed by atoms with E-state index in [-0.39, 0.29) is 24.0 Å². The van der Waals surface area contributed by atoms with Crippen LogP contribution in [0.1, 0.15) is 38.5 Å². The molecule has 0 radical (unpaired) electrons. The SMILES string of the molecule is [N-]=[N+]=NCCCCNC(=O)CCCC[C@@H]1SC[C@@H]2NC(=O)N[C@@H]21. The summed E-state index contributed by atoms with van der Waals surface area (Å²) >= 11 is 1.91. The van der Waals surface area contributed by atoms with Gasteiger partial charge < -0.3 is 16.0 Å². The summed E-state index contributed by atoms with van der Waals surface area (Å²) < 4.78 is 0. The molecule has 8 nitrogen and oxygen atoms in total. The van der Waals surface area contributed by atoms with Gasteiger partial charge in [0.1, 0.15) is 0 Å². The molecule has 3 amide bonds. The van der Waals surface area contributed by atoms with Gasteiger partial charge in [-0.05, 0) is 31.2 Å². The Morgan fingerprint density at radius 2 is 2.22 bits per heavy atom. The van der Waals surface area contributed by atoms with Gasteiger partial charge in [-0.2, -0.15) is 11.8 Å². The van der Waals surface area contributed by atoms with Gasteiger partial charge in [-0.15, -0.1) is 0 Å². The molecule has 23 heavy (non-hydrogen) atoms. The number of hydrogen-bond acceptors (Lipinski definition) is 4. The van der Waals surface area contributed by atoms with Crippen molar-refractivity contribution in [1.82, 2.24) is 16.0 Å². The lowest BCUT2D eigenvalue weighted by molar-refractivity contribution is -0.121. The second-order valence-corrected chi connectivity index (χ2v) is 7.15. The number of urea groups is 1. The molecule has 0 aromatic heterocycles. The zero-order valence-electron chi connectivity index (χ0n) is 13.2. The summed E-state index contributed by atoms with van der Waals surface area (Å²) in [7, 11) is 0. The molecule has 2 rings (SSSR count). The van der Waals surface area contributed by atoms with Gasteiger partial charge in [-0.25, -0.2) is 4.79 Å². The summed E-state index contributed by atoms with van der Waals surface area (Å²) in [6.07, 6.45) is 5.09. The van der Waals surface area contributed by atoms with Gasteiger partial charge in [0.2, 0.25) is 5.91 Å². The predicted molar refractivity (Wildman–Crippen MR) is 90.2 cm³/mol. The average molecular weight is 340 g/mol. The fourth-order valence-corrected chi connectivity index (χ4v) is 4.49. The van der Waals surface area contributed by atoms with E-state index in [1.165, 1.54) is 0 Å². The molecule has 0 aromatic rings. The zero-order valence-corrected chi connectivity index (χ0v) is 14.0. The molecule has 2 aliphatic rings. The molecule has 0 saturated carbocycles. The normalized spacial score (nSPS) is 25.2. The second-order valence-electron chi connectivity index (χ2n) is 5.88. The third-order valence-electron chi connectivity index (χ3n) is 4.15. The number of nitrogens with one attached hydrogen (secondary N) is 3. The Balaban J connectivity index is 1.48. The lowest BCUT2D eigenvalue weighted by Gasteiger charge is -2.16. The molecule has 128 valence electrons. The molecule has 0 spiro atoms. The highest BCUT2D eigenvalue weighted by Crippen LogP contribution is 2.33. The molecule has 2 saturated heterocycles. The van der Waals surface area contributed by atoms with Crippen LogP contribution in [-0.4, -0.2) is 48.1 Å². The van der Waals surface area contributed by atoms with Crippen LogP contribution in [0.5, 0.6) is 0 Å². The van der Waals surface area contributed by atoms with Crippen molar-refractivity contribution in [1.29, 1.82) is 0 Å². The Morgan fingerprint density at radius 3 is 3.04 bits per heavy atom. The van der Waals surface area contributed by atoms with E-state index < -0.39 is 0 Å². The molecule has 2 heterocycles. The minimum absolute atomic E-state index is 0.0508. The summed E-state index contributed by atoms with van der Waals surface area (Å²) in [6.45, 7) is 1.12. The molecule has 0 unspecified atom stereocenters. The van der Waals surface area contributed by atoms with Crippen molar-refractivity contribution in [3.05, 3.63) is 10.4 Å². The smallest absolute Gasteiger partial charge is 0.315 e. The minimum Gasteiger partial charge on any atom is -0.356 e. The summed E-state index contributed by atoms with van der Waals surface area (Å²) in [5.74, 6) is 1.06. The first-order valence-electron chi connectivity index (χ1n) is 8.17. The fourth-order valence-electron chi connectivity index (χ4n) is 2.94. The molecule has 9 heteroatoms. The monoisotopic (exact) mass is 340 g/mol. The third-order valence-corrected chi connectivity index (χ3v) is 5.66. The van der Waals surface area contributed by atoms with Gasteiger partial charge in [0.15, 0.2) is 0 Å². The van der Waals surface area contributed by atoms with E-state index in [1.54, 1.807) is 0 Å². The maximum Gasteiger partial charge on any atom is 0.315 e. The molecule has 3 atom stereocenters. The molecular formula is C14H24N6O2S. The van der Waals surface area contributed by atoms with E-state index in [9.17, 15) is 9.59 Å². The van der Waals surface area contributed by atoms with Crippen molar-refractivity contribution in [2.45, 2.75) is 55.9 Å². The first kappa shape index (κ1) is 17.7. The topological polar surface area (TPSA) is 119 Å². The number of fused-ring (bicyclic) bond motifs is 1. The second kappa shape index (κ2) is 9.52. The number of nitrogens with zero attached hydrogens (tertiary/aromatic N) is 3. The van der Waals surface area contributed by atoms with Gasteiger partial charge in [0.25, 0.3) is 0 Å². The number of rotatable bonds is 10. The van der Waals surface area contributed by atoms with Gasteiger partial charge in [0, 0.05) is 35.4 Å². The summed E-state index contributed by atoms with van der Waals surface area (Å²) in [4.78, 5) is 25.7. The van der Waals surface area contributed by atoms with Gasteiger partial charge in [-0.3, -0.25) is 4.79 Å². The van der Waals surface area contributed by atoms with Crippen LogP contribution in [-0.2, 0) is 4.79 Å². The summed E-state index contributed by atoms with van der Waals surface area (Å²) in [6, 6.07) is 0.466. The van der Waals surface area contributed by atoms with Crippen LogP contribution in [0.15, 0.2) is 5.11 Å². The number of azide groups is 1. The number of unbranched alkanes of at least 4 members (excludes halogenated alkanes) is 2. The van der Waals surface area contributed by atoms with Crippen LogP contribution < -0.4 is 16.0 Å². The van der Waals surface area contributed by atoms with Gasteiger partial charge in [-0.1, -0.05) is 11.5 Å². The van der Waals surface area contributed by atoms with Crippen molar-refractivity contribution in [2.75, 3.05) is 18.8 Å². The average Bonchev–Trinajstić information content (AvgIpc) is 3.07. The molecule has 0 bridgehead atoms. The van der Waals surface area contributed by atoms with Gasteiger partial charge >= 0.3 is 6.03 Å². The van der Waals surface area contributed by atoms with Crippen LogP contribution in [0.3, 0.4) is 0 Å². The highest BCUT2D eigenvalue weighted by Gasteiger charge is 2.42. The molecule has 2 aliphatic heterocycles. The van der Waals surface area contributed by atoms with Crippen LogP contribution in [0, 0.1) is 0 Å². The van der Waals surface area contributed by atoms with Crippen LogP contribution in [0.4, 0.5) is 4.79 Å². The molecular weight excluding hydrogens is 316 g/mol. The van der Waals surface area contributed by atoms with Crippen molar-refractivity contribution in [3.63, 3.8) is 0 Å². The Bertz CT molecular complexity index is 468. The van der Waals surface area contributed by atoms with Gasteiger partial charge in [0.05, 0.1) is 12.1 Å². The van der Waals surface area contributed by atoms with E-state index in [1.807, 2.05) is 11.8 Å².